The maximum atomic E-state index is 5.66. The molecule has 0 saturated carbocycles. The summed E-state index contributed by atoms with van der Waals surface area (Å²) in [6.45, 7) is 5.95. The van der Waals surface area contributed by atoms with Gasteiger partial charge in [0.25, 0.3) is 0 Å². The van der Waals surface area contributed by atoms with E-state index in [-0.39, 0.29) is 13.5 Å². The van der Waals surface area contributed by atoms with Crippen LogP contribution >= 0.6 is 25.1 Å². The summed E-state index contributed by atoms with van der Waals surface area (Å²) in [5.41, 5.74) is 1.88. The lowest BCUT2D eigenvalue weighted by atomic mass is 10.3. The third-order valence-corrected chi connectivity index (χ3v) is 1.80. The number of pyridine rings is 1. The minimum absolute atomic E-state index is 0. The van der Waals surface area contributed by atoms with Crippen LogP contribution in [0, 0.1) is 6.92 Å². The SMILES string of the molecule is CC.Cc1[nH]nc2cc(Cl)ncc12.S. The molecule has 0 saturated heterocycles. The summed E-state index contributed by atoms with van der Waals surface area (Å²) in [5, 5.41) is 8.38. The van der Waals surface area contributed by atoms with Gasteiger partial charge in [-0.25, -0.2) is 4.98 Å². The third kappa shape index (κ3) is 2.62. The zero-order valence-electron chi connectivity index (χ0n) is 8.43. The van der Waals surface area contributed by atoms with Crippen molar-refractivity contribution >= 4 is 36.0 Å². The van der Waals surface area contributed by atoms with Gasteiger partial charge in [-0.3, -0.25) is 5.10 Å². The molecule has 0 radical (unpaired) electrons. The van der Waals surface area contributed by atoms with Crippen molar-refractivity contribution in [3.05, 3.63) is 23.1 Å². The van der Waals surface area contributed by atoms with E-state index in [1.165, 1.54) is 0 Å². The molecule has 0 aliphatic rings. The van der Waals surface area contributed by atoms with Crippen molar-refractivity contribution in [3.8, 4) is 0 Å². The van der Waals surface area contributed by atoms with Gasteiger partial charge in [0.15, 0.2) is 0 Å². The number of rotatable bonds is 0. The molecule has 3 nitrogen and oxygen atoms in total. The number of hydrogen-bond donors (Lipinski definition) is 1. The Kier molecular flexibility index (Phi) is 5.57. The number of nitrogens with zero attached hydrogens (tertiary/aromatic N) is 2. The van der Waals surface area contributed by atoms with E-state index in [1.807, 2.05) is 20.8 Å². The highest BCUT2D eigenvalue weighted by Gasteiger charge is 2.00. The fraction of sp³-hybridized carbons (Fsp3) is 0.333. The predicted octanol–water partition coefficient (Wildman–Crippen LogP) is 3.06. The van der Waals surface area contributed by atoms with Crippen LogP contribution in [0.15, 0.2) is 12.3 Å². The molecule has 2 heterocycles. The molecule has 1 N–H and O–H groups in total. The highest BCUT2D eigenvalue weighted by Crippen LogP contribution is 2.16. The molecule has 0 atom stereocenters. The summed E-state index contributed by atoms with van der Waals surface area (Å²) in [6.07, 6.45) is 1.72. The predicted molar refractivity (Wildman–Crippen MR) is 65.4 cm³/mol. The van der Waals surface area contributed by atoms with E-state index < -0.39 is 0 Å². The normalized spacial score (nSPS) is 8.86. The van der Waals surface area contributed by atoms with Crippen LogP contribution in [0.3, 0.4) is 0 Å². The van der Waals surface area contributed by atoms with Gasteiger partial charge < -0.3 is 0 Å². The Bertz CT molecular complexity index is 400. The second-order valence-electron chi connectivity index (χ2n) is 2.37. The van der Waals surface area contributed by atoms with Crippen LogP contribution in [0.4, 0.5) is 0 Å². The van der Waals surface area contributed by atoms with Crippen LogP contribution in [0.2, 0.25) is 5.15 Å². The van der Waals surface area contributed by atoms with Crippen molar-refractivity contribution in [1.82, 2.24) is 15.2 Å². The van der Waals surface area contributed by atoms with Crippen LogP contribution in [-0.2, 0) is 0 Å². The maximum Gasteiger partial charge on any atom is 0.131 e. The van der Waals surface area contributed by atoms with Crippen LogP contribution in [0.1, 0.15) is 19.5 Å². The fourth-order valence-electron chi connectivity index (χ4n) is 1.01. The third-order valence-electron chi connectivity index (χ3n) is 1.60. The van der Waals surface area contributed by atoms with E-state index >= 15 is 0 Å². The van der Waals surface area contributed by atoms with Crippen molar-refractivity contribution in [3.63, 3.8) is 0 Å². The first kappa shape index (κ1) is 13.3. The van der Waals surface area contributed by atoms with Gasteiger partial charge in [0.05, 0.1) is 5.52 Å². The Morgan fingerprint density at radius 3 is 2.64 bits per heavy atom. The van der Waals surface area contributed by atoms with Gasteiger partial charge in [0.1, 0.15) is 5.15 Å². The number of fused-ring (bicyclic) bond motifs is 1. The molecular weight excluding hydrogens is 218 g/mol. The second kappa shape index (κ2) is 5.88. The molecule has 2 rings (SSSR count). The highest BCUT2D eigenvalue weighted by molar-refractivity contribution is 7.59. The van der Waals surface area contributed by atoms with Gasteiger partial charge in [-0.1, -0.05) is 25.4 Å². The Morgan fingerprint density at radius 1 is 1.36 bits per heavy atom. The molecule has 2 aromatic rings. The topological polar surface area (TPSA) is 41.6 Å². The molecule has 0 unspecified atom stereocenters. The Labute approximate surface area is 95.3 Å². The van der Waals surface area contributed by atoms with Gasteiger partial charge in [-0.05, 0) is 6.92 Å². The Balaban J connectivity index is 0.000000531. The van der Waals surface area contributed by atoms with Crippen LogP contribution in [0.5, 0.6) is 0 Å². The fourth-order valence-corrected chi connectivity index (χ4v) is 1.16. The van der Waals surface area contributed by atoms with E-state index in [4.69, 9.17) is 11.6 Å². The Morgan fingerprint density at radius 2 is 2.00 bits per heavy atom. The first-order valence-corrected chi connectivity index (χ1v) is 4.61. The van der Waals surface area contributed by atoms with Crippen LogP contribution in [0.25, 0.3) is 10.9 Å². The van der Waals surface area contributed by atoms with Gasteiger partial charge >= 0.3 is 0 Å². The average molecular weight is 232 g/mol. The minimum Gasteiger partial charge on any atom is -0.282 e. The van der Waals surface area contributed by atoms with Crippen molar-refractivity contribution in [2.45, 2.75) is 20.8 Å². The van der Waals surface area contributed by atoms with Crippen molar-refractivity contribution in [1.29, 1.82) is 0 Å². The summed E-state index contributed by atoms with van der Waals surface area (Å²) >= 11 is 5.66. The number of halogens is 1. The molecule has 0 aliphatic carbocycles. The van der Waals surface area contributed by atoms with E-state index in [2.05, 4.69) is 15.2 Å². The number of aromatic nitrogens is 3. The minimum atomic E-state index is 0. The molecule has 0 spiro atoms. The lowest BCUT2D eigenvalue weighted by Crippen LogP contribution is -1.74. The first-order valence-electron chi connectivity index (χ1n) is 4.23. The largest absolute Gasteiger partial charge is 0.282 e. The van der Waals surface area contributed by atoms with Crippen molar-refractivity contribution < 1.29 is 0 Å². The summed E-state index contributed by atoms with van der Waals surface area (Å²) in [4.78, 5) is 3.95. The van der Waals surface area contributed by atoms with Crippen molar-refractivity contribution in [2.24, 2.45) is 0 Å². The van der Waals surface area contributed by atoms with Crippen molar-refractivity contribution in [2.75, 3.05) is 0 Å². The highest BCUT2D eigenvalue weighted by atomic mass is 35.5. The van der Waals surface area contributed by atoms with Crippen LogP contribution in [-0.4, -0.2) is 15.2 Å². The maximum absolute atomic E-state index is 5.66. The van der Waals surface area contributed by atoms with Gasteiger partial charge in [0, 0.05) is 23.3 Å². The van der Waals surface area contributed by atoms with Gasteiger partial charge in [0.2, 0.25) is 0 Å². The van der Waals surface area contributed by atoms with Gasteiger partial charge in [-0.2, -0.15) is 18.6 Å². The molecule has 0 aliphatic heterocycles. The molecule has 0 bridgehead atoms. The lowest BCUT2D eigenvalue weighted by molar-refractivity contribution is 1.07. The number of hydrogen-bond acceptors (Lipinski definition) is 2. The number of aryl methyl sites for hydroxylation is 1. The molecule has 0 aromatic carbocycles. The molecular formula is C9H14ClN3S. The van der Waals surface area contributed by atoms with E-state index in [0.717, 1.165) is 16.6 Å². The Hall–Kier alpha value is -0.740. The molecule has 0 fully saturated rings. The standard InChI is InChI=1S/C7H6ClN3.C2H6.H2S/c1-4-5-3-9-7(8)2-6(5)11-10-4;1-2;/h2-3H,1H3,(H,10,11);1-2H3;1H2. The first-order chi connectivity index (χ1) is 6.27. The number of H-pyrrole nitrogens is 1. The monoisotopic (exact) mass is 231 g/mol. The molecule has 5 heteroatoms. The smallest absolute Gasteiger partial charge is 0.131 e. The van der Waals surface area contributed by atoms with E-state index in [9.17, 15) is 0 Å². The number of aromatic amines is 1. The van der Waals surface area contributed by atoms with E-state index in [1.54, 1.807) is 12.3 Å². The van der Waals surface area contributed by atoms with Gasteiger partial charge in [-0.15, -0.1) is 0 Å². The quantitative estimate of drug-likeness (QED) is 0.708. The molecule has 2 aromatic heterocycles. The second-order valence-corrected chi connectivity index (χ2v) is 2.76. The summed E-state index contributed by atoms with van der Waals surface area (Å²) in [7, 11) is 0. The lowest BCUT2D eigenvalue weighted by Gasteiger charge is -1.88. The average Bonchev–Trinajstić information content (AvgIpc) is 2.51. The molecule has 0 amide bonds. The summed E-state index contributed by atoms with van der Waals surface area (Å²) in [6, 6.07) is 1.74. The van der Waals surface area contributed by atoms with E-state index in [0.29, 0.717) is 5.15 Å². The zero-order valence-corrected chi connectivity index (χ0v) is 10.2. The number of nitrogens with one attached hydrogen (secondary N) is 1. The molecule has 78 valence electrons. The zero-order chi connectivity index (χ0) is 9.84. The summed E-state index contributed by atoms with van der Waals surface area (Å²) in [5.74, 6) is 0. The molecule has 14 heavy (non-hydrogen) atoms. The van der Waals surface area contributed by atoms with Crippen LogP contribution < -0.4 is 0 Å². The summed E-state index contributed by atoms with van der Waals surface area (Å²) < 4.78 is 0.